The molecule has 3 rings (SSSR count). The first-order valence-electron chi connectivity index (χ1n) is 6.54. The van der Waals surface area contributed by atoms with Crippen molar-refractivity contribution in [2.24, 2.45) is 5.92 Å². The van der Waals surface area contributed by atoms with Crippen LogP contribution in [-0.4, -0.2) is 40.2 Å². The van der Waals surface area contributed by atoms with E-state index in [1.54, 1.807) is 6.33 Å². The number of aromatic nitrogens is 4. The fourth-order valence-corrected chi connectivity index (χ4v) is 2.56. The second-order valence-electron chi connectivity index (χ2n) is 5.24. The molecule has 2 heterocycles. The Morgan fingerprint density at radius 1 is 1.40 bits per heavy atom. The third kappa shape index (κ3) is 2.00. The highest BCUT2D eigenvalue weighted by molar-refractivity contribution is 5.84. The molecule has 0 spiro atoms. The second kappa shape index (κ2) is 4.75. The summed E-state index contributed by atoms with van der Waals surface area (Å²) in [5.41, 5.74) is 7.22. The molecule has 2 atom stereocenters. The molecule has 0 amide bonds. The average molecular weight is 273 g/mol. The number of imidazole rings is 1. The van der Waals surface area contributed by atoms with Gasteiger partial charge in [0.1, 0.15) is 0 Å². The van der Waals surface area contributed by atoms with Crippen LogP contribution in [-0.2, 0) is 5.11 Å². The number of nitrogens with zero attached hydrogens (tertiary/aromatic N) is 5. The molecule has 7 nitrogen and oxygen atoms in total. The number of hydrogen-bond donors (Lipinski definition) is 1. The SMILES string of the molecule is CN(C)c1nc(N)nc2c1ncn2[C@H]1C=C[C@@H](C[O])C1. The number of fused-ring (bicyclic) bond motifs is 1. The predicted octanol–water partition coefficient (Wildman–Crippen LogP) is 1.02. The Bertz CT molecular complexity index is 662. The smallest absolute Gasteiger partial charge is 0.224 e. The van der Waals surface area contributed by atoms with E-state index < -0.39 is 0 Å². The lowest BCUT2D eigenvalue weighted by Gasteiger charge is -2.14. The van der Waals surface area contributed by atoms with E-state index in [1.807, 2.05) is 35.7 Å². The number of rotatable bonds is 3. The highest BCUT2D eigenvalue weighted by atomic mass is 16.3. The molecule has 1 radical (unpaired) electrons. The van der Waals surface area contributed by atoms with Crippen molar-refractivity contribution >= 4 is 22.9 Å². The first kappa shape index (κ1) is 12.9. The summed E-state index contributed by atoms with van der Waals surface area (Å²) in [5.74, 6) is 1.02. The summed E-state index contributed by atoms with van der Waals surface area (Å²) in [4.78, 5) is 14.8. The summed E-state index contributed by atoms with van der Waals surface area (Å²) in [5, 5.41) is 11.0. The van der Waals surface area contributed by atoms with Crippen molar-refractivity contribution in [1.82, 2.24) is 19.5 Å². The number of allylic oxidation sites excluding steroid dienone is 1. The zero-order valence-corrected chi connectivity index (χ0v) is 11.5. The first-order chi connectivity index (χ1) is 9.60. The van der Waals surface area contributed by atoms with Gasteiger partial charge in [0.15, 0.2) is 17.0 Å². The predicted molar refractivity (Wildman–Crippen MR) is 75.9 cm³/mol. The molecule has 0 saturated carbocycles. The van der Waals surface area contributed by atoms with Gasteiger partial charge in [0.25, 0.3) is 0 Å². The maximum absolute atomic E-state index is 11.0. The van der Waals surface area contributed by atoms with Crippen LogP contribution in [0.5, 0.6) is 0 Å². The summed E-state index contributed by atoms with van der Waals surface area (Å²) < 4.78 is 1.96. The molecule has 1 aliphatic rings. The van der Waals surface area contributed by atoms with E-state index in [9.17, 15) is 5.11 Å². The van der Waals surface area contributed by atoms with E-state index in [0.29, 0.717) is 11.5 Å². The minimum atomic E-state index is -0.0836. The Hall–Kier alpha value is -2.15. The normalized spacial score (nSPS) is 21.8. The van der Waals surface area contributed by atoms with Gasteiger partial charge in [-0.3, -0.25) is 0 Å². The van der Waals surface area contributed by atoms with E-state index >= 15 is 0 Å². The Balaban J connectivity index is 2.08. The third-order valence-electron chi connectivity index (χ3n) is 3.56. The molecular weight excluding hydrogens is 256 g/mol. The number of nitrogens with two attached hydrogens (primary N) is 1. The molecule has 7 heteroatoms. The summed E-state index contributed by atoms with van der Waals surface area (Å²) >= 11 is 0. The van der Waals surface area contributed by atoms with Gasteiger partial charge in [-0.05, 0) is 6.42 Å². The van der Waals surface area contributed by atoms with Crippen LogP contribution in [0.4, 0.5) is 11.8 Å². The summed E-state index contributed by atoms with van der Waals surface area (Å²) in [6, 6.07) is 0.114. The minimum Gasteiger partial charge on any atom is -0.368 e. The largest absolute Gasteiger partial charge is 0.368 e. The monoisotopic (exact) mass is 273 g/mol. The van der Waals surface area contributed by atoms with Crippen LogP contribution < -0.4 is 10.6 Å². The van der Waals surface area contributed by atoms with Gasteiger partial charge in [0.05, 0.1) is 19.0 Å². The van der Waals surface area contributed by atoms with Crippen LogP contribution in [0.15, 0.2) is 18.5 Å². The van der Waals surface area contributed by atoms with Crippen molar-refractivity contribution in [3.05, 3.63) is 18.5 Å². The molecule has 0 bridgehead atoms. The molecule has 2 N–H and O–H groups in total. The molecule has 1 aliphatic carbocycles. The zero-order valence-electron chi connectivity index (χ0n) is 11.5. The Labute approximate surface area is 116 Å². The van der Waals surface area contributed by atoms with E-state index in [-0.39, 0.29) is 24.5 Å². The second-order valence-corrected chi connectivity index (χ2v) is 5.24. The standard InChI is InChI=1S/C13H17N6O/c1-18(2)11-10-12(17-13(14)16-11)19(7-15-10)9-4-3-8(5-9)6-20/h3-4,7-9H,5-6H2,1-2H3,(H2,14,16,17)/t8-,9+/m1/s1. The lowest BCUT2D eigenvalue weighted by molar-refractivity contribution is 0.158. The van der Waals surface area contributed by atoms with Crippen molar-refractivity contribution in [3.63, 3.8) is 0 Å². The van der Waals surface area contributed by atoms with Gasteiger partial charge in [-0.15, -0.1) is 0 Å². The summed E-state index contributed by atoms with van der Waals surface area (Å²) in [6.45, 7) is -0.0836. The van der Waals surface area contributed by atoms with Crippen molar-refractivity contribution in [2.75, 3.05) is 31.3 Å². The topological polar surface area (TPSA) is 92.8 Å². The fraction of sp³-hybridized carbons (Fsp3) is 0.462. The number of anilines is 2. The molecule has 0 aliphatic heterocycles. The average Bonchev–Trinajstić information content (AvgIpc) is 3.02. The van der Waals surface area contributed by atoms with Gasteiger partial charge < -0.3 is 15.2 Å². The first-order valence-corrected chi connectivity index (χ1v) is 6.54. The Morgan fingerprint density at radius 3 is 2.85 bits per heavy atom. The molecule has 0 unspecified atom stereocenters. The van der Waals surface area contributed by atoms with Gasteiger partial charge in [-0.2, -0.15) is 9.97 Å². The zero-order chi connectivity index (χ0) is 14.3. The highest BCUT2D eigenvalue weighted by Gasteiger charge is 2.23. The van der Waals surface area contributed by atoms with Crippen LogP contribution in [0, 0.1) is 5.92 Å². The van der Waals surface area contributed by atoms with E-state index in [0.717, 1.165) is 11.9 Å². The van der Waals surface area contributed by atoms with Gasteiger partial charge in [-0.25, -0.2) is 10.1 Å². The molecular formula is C13H17N6O. The maximum Gasteiger partial charge on any atom is 0.224 e. The summed E-state index contributed by atoms with van der Waals surface area (Å²) in [7, 11) is 3.78. The fourth-order valence-electron chi connectivity index (χ4n) is 2.56. The number of nitrogen functional groups attached to an aromatic ring is 1. The molecule has 0 fully saturated rings. The third-order valence-corrected chi connectivity index (χ3v) is 3.56. The van der Waals surface area contributed by atoms with Gasteiger partial charge in [-0.1, -0.05) is 12.2 Å². The van der Waals surface area contributed by atoms with Crippen molar-refractivity contribution in [2.45, 2.75) is 12.5 Å². The van der Waals surface area contributed by atoms with E-state index in [2.05, 4.69) is 15.0 Å². The highest BCUT2D eigenvalue weighted by Crippen LogP contribution is 2.31. The number of hydrogen-bond acceptors (Lipinski definition) is 5. The van der Waals surface area contributed by atoms with Crippen molar-refractivity contribution in [3.8, 4) is 0 Å². The summed E-state index contributed by atoms with van der Waals surface area (Å²) in [6.07, 6.45) is 6.54. The quantitative estimate of drug-likeness (QED) is 0.843. The van der Waals surface area contributed by atoms with Crippen LogP contribution in [0.3, 0.4) is 0 Å². The molecule has 20 heavy (non-hydrogen) atoms. The van der Waals surface area contributed by atoms with Gasteiger partial charge >= 0.3 is 0 Å². The Kier molecular flexibility index (Phi) is 3.06. The van der Waals surface area contributed by atoms with Crippen LogP contribution in [0.2, 0.25) is 0 Å². The lowest BCUT2D eigenvalue weighted by Crippen LogP contribution is -2.14. The van der Waals surface area contributed by atoms with E-state index in [1.165, 1.54) is 0 Å². The van der Waals surface area contributed by atoms with Crippen LogP contribution >= 0.6 is 0 Å². The molecule has 2 aromatic rings. The van der Waals surface area contributed by atoms with Crippen LogP contribution in [0.1, 0.15) is 12.5 Å². The van der Waals surface area contributed by atoms with Gasteiger partial charge in [0.2, 0.25) is 5.95 Å². The lowest BCUT2D eigenvalue weighted by atomic mass is 10.1. The van der Waals surface area contributed by atoms with Gasteiger partial charge in [0, 0.05) is 20.0 Å². The van der Waals surface area contributed by atoms with Crippen molar-refractivity contribution in [1.29, 1.82) is 0 Å². The minimum absolute atomic E-state index is 0.0836. The molecule has 0 saturated heterocycles. The van der Waals surface area contributed by atoms with Crippen LogP contribution in [0.25, 0.3) is 11.2 Å². The van der Waals surface area contributed by atoms with Crippen molar-refractivity contribution < 1.29 is 5.11 Å². The van der Waals surface area contributed by atoms with E-state index in [4.69, 9.17) is 5.73 Å². The maximum atomic E-state index is 11.0. The molecule has 105 valence electrons. The molecule has 0 aromatic carbocycles. The molecule has 2 aromatic heterocycles. The Morgan fingerprint density at radius 2 is 2.20 bits per heavy atom.